The van der Waals surface area contributed by atoms with Gasteiger partial charge in [-0.1, -0.05) is 42.5 Å². The van der Waals surface area contributed by atoms with Crippen LogP contribution in [0.1, 0.15) is 47.2 Å². The van der Waals surface area contributed by atoms with E-state index in [-0.39, 0.29) is 22.9 Å². The molecule has 0 bridgehead atoms. The zero-order chi connectivity index (χ0) is 28.4. The first-order chi connectivity index (χ1) is 18.3. The molecule has 1 heterocycles. The van der Waals surface area contributed by atoms with Crippen LogP contribution in [-0.4, -0.2) is 42.8 Å². The lowest BCUT2D eigenvalue weighted by Crippen LogP contribution is -2.36. The normalized spacial score (nSPS) is 13.9. The van der Waals surface area contributed by atoms with E-state index in [0.717, 1.165) is 16.1 Å². The molecule has 0 radical (unpaired) electrons. The first-order valence-corrected chi connectivity index (χ1v) is 14.1. The molecule has 1 aromatic heterocycles. The van der Waals surface area contributed by atoms with Gasteiger partial charge in [0.15, 0.2) is 5.82 Å². The zero-order valence-corrected chi connectivity index (χ0v) is 23.0. The fourth-order valence-corrected chi connectivity index (χ4v) is 4.60. The number of nitrogens with one attached hydrogen (secondary N) is 2. The summed E-state index contributed by atoms with van der Waals surface area (Å²) in [4.78, 5) is 17.9. The van der Waals surface area contributed by atoms with Crippen molar-refractivity contribution >= 4 is 21.6 Å². The summed E-state index contributed by atoms with van der Waals surface area (Å²) < 4.78 is 39.0. The molecule has 4 aromatic rings. The smallest absolute Gasteiger partial charge is 0.251 e. The Labute approximate surface area is 227 Å². The maximum Gasteiger partial charge on any atom is 0.251 e. The monoisotopic (exact) mass is 550 g/mol. The Balaban J connectivity index is 1.67. The lowest BCUT2D eigenvalue weighted by atomic mass is 9.93. The second-order valence-electron chi connectivity index (χ2n) is 9.83. The molecule has 204 valence electrons. The summed E-state index contributed by atoms with van der Waals surface area (Å²) in [5.74, 6) is -0.111. The summed E-state index contributed by atoms with van der Waals surface area (Å²) in [5.41, 5.74) is 8.38. The molecule has 0 aliphatic heterocycles. The lowest BCUT2D eigenvalue weighted by Gasteiger charge is -2.21. The van der Waals surface area contributed by atoms with Gasteiger partial charge in [0.05, 0.1) is 23.5 Å². The number of nitrogens with two attached hydrogens (primary N) is 1. The predicted octanol–water partition coefficient (Wildman–Crippen LogP) is 3.91. The van der Waals surface area contributed by atoms with Gasteiger partial charge in [-0.15, -0.1) is 0 Å². The maximum atomic E-state index is 13.3. The van der Waals surface area contributed by atoms with E-state index < -0.39 is 27.5 Å². The number of hydrogen-bond acceptors (Lipinski definition) is 6. The van der Waals surface area contributed by atoms with Crippen molar-refractivity contribution in [2.45, 2.75) is 31.8 Å². The molecular weight excluding hydrogens is 519 g/mol. The van der Waals surface area contributed by atoms with E-state index in [1.807, 2.05) is 37.3 Å². The minimum absolute atomic E-state index is 0.207. The van der Waals surface area contributed by atoms with E-state index in [4.69, 9.17) is 5.73 Å². The number of hydrogen-bond donors (Lipinski definition) is 3. The van der Waals surface area contributed by atoms with Crippen molar-refractivity contribution < 1.29 is 17.6 Å². The Morgan fingerprint density at radius 2 is 1.79 bits per heavy atom. The number of aromatic amines is 1. The number of halogens is 1. The largest absolute Gasteiger partial charge is 0.346 e. The van der Waals surface area contributed by atoms with Gasteiger partial charge in [0.25, 0.3) is 5.91 Å². The van der Waals surface area contributed by atoms with Crippen molar-refractivity contribution in [3.8, 4) is 11.4 Å². The fraction of sp³-hybridized carbons (Fsp3) is 0.250. The standard InChI is InChI=1S/C28H31FN6O3S/c1-18(20-10-12-23(29)13-11-20)31-26(36)22-14-21(15-24(16-22)35(3)39(4,37)38)25-32-27(34-33-25)28(2,30)17-19-8-6-5-7-9-19/h5-16,18H,17,30H2,1-4H3,(H,31,36)(H,32,33,34)/t18-,28-/m1/s1. The highest BCUT2D eigenvalue weighted by Gasteiger charge is 2.27. The molecule has 0 saturated heterocycles. The zero-order valence-electron chi connectivity index (χ0n) is 22.1. The average molecular weight is 551 g/mol. The summed E-state index contributed by atoms with van der Waals surface area (Å²) >= 11 is 0. The van der Waals surface area contributed by atoms with Crippen LogP contribution in [-0.2, 0) is 22.0 Å². The van der Waals surface area contributed by atoms with Gasteiger partial charge >= 0.3 is 0 Å². The summed E-state index contributed by atoms with van der Waals surface area (Å²) in [7, 11) is -2.22. The molecule has 0 saturated carbocycles. The molecule has 0 aliphatic rings. The quantitative estimate of drug-likeness (QED) is 0.289. The molecule has 0 unspecified atom stereocenters. The van der Waals surface area contributed by atoms with E-state index in [1.165, 1.54) is 25.2 Å². The van der Waals surface area contributed by atoms with Gasteiger partial charge in [0.1, 0.15) is 11.6 Å². The molecule has 0 aliphatic carbocycles. The third kappa shape index (κ3) is 6.68. The third-order valence-electron chi connectivity index (χ3n) is 6.46. The van der Waals surface area contributed by atoms with Crippen LogP contribution in [0.2, 0.25) is 0 Å². The lowest BCUT2D eigenvalue weighted by molar-refractivity contribution is 0.0940. The molecule has 11 heteroatoms. The molecule has 4 N–H and O–H groups in total. The van der Waals surface area contributed by atoms with Crippen LogP contribution in [0.15, 0.2) is 72.8 Å². The average Bonchev–Trinajstić information content (AvgIpc) is 3.40. The molecule has 9 nitrogen and oxygen atoms in total. The van der Waals surface area contributed by atoms with Gasteiger partial charge in [0, 0.05) is 18.2 Å². The van der Waals surface area contributed by atoms with Gasteiger partial charge in [-0.25, -0.2) is 17.8 Å². The topological polar surface area (TPSA) is 134 Å². The molecular formula is C28H31FN6O3S. The Bertz CT molecular complexity index is 1570. The first-order valence-electron chi connectivity index (χ1n) is 12.2. The number of anilines is 1. The fourth-order valence-electron chi connectivity index (χ4n) is 4.11. The summed E-state index contributed by atoms with van der Waals surface area (Å²) in [5, 5.41) is 10.1. The summed E-state index contributed by atoms with van der Waals surface area (Å²) in [6, 6.07) is 19.8. The predicted molar refractivity (Wildman–Crippen MR) is 149 cm³/mol. The van der Waals surface area contributed by atoms with Crippen LogP contribution in [0, 0.1) is 5.82 Å². The number of benzene rings is 3. The molecule has 1 amide bonds. The SMILES string of the molecule is C[C@@H](NC(=O)c1cc(-c2n[nH]c([C@](C)(N)Cc3ccccc3)n2)cc(N(C)S(C)(=O)=O)c1)c1ccc(F)cc1. The Kier molecular flexibility index (Phi) is 7.84. The number of carbonyl (C=O) groups excluding carboxylic acids is 1. The van der Waals surface area contributed by atoms with Gasteiger partial charge in [0.2, 0.25) is 10.0 Å². The molecule has 0 spiro atoms. The minimum atomic E-state index is -3.62. The second kappa shape index (κ2) is 11.0. The summed E-state index contributed by atoms with van der Waals surface area (Å²) in [6.07, 6.45) is 1.58. The number of rotatable bonds is 9. The maximum absolute atomic E-state index is 13.3. The molecule has 2 atom stereocenters. The van der Waals surface area contributed by atoms with E-state index in [9.17, 15) is 17.6 Å². The van der Waals surface area contributed by atoms with Gasteiger partial charge < -0.3 is 11.1 Å². The second-order valence-corrected chi connectivity index (χ2v) is 11.8. The van der Waals surface area contributed by atoms with Crippen molar-refractivity contribution in [3.63, 3.8) is 0 Å². The van der Waals surface area contributed by atoms with Crippen LogP contribution in [0.4, 0.5) is 10.1 Å². The molecule has 3 aromatic carbocycles. The van der Waals surface area contributed by atoms with Crippen LogP contribution in [0.3, 0.4) is 0 Å². The van der Waals surface area contributed by atoms with E-state index in [0.29, 0.717) is 23.4 Å². The number of nitrogens with zero attached hydrogens (tertiary/aromatic N) is 3. The number of aromatic nitrogens is 3. The van der Waals surface area contributed by atoms with Crippen molar-refractivity contribution in [3.05, 3.63) is 101 Å². The molecule has 0 fully saturated rings. The Morgan fingerprint density at radius 1 is 1.13 bits per heavy atom. The highest BCUT2D eigenvalue weighted by molar-refractivity contribution is 7.92. The van der Waals surface area contributed by atoms with E-state index >= 15 is 0 Å². The van der Waals surface area contributed by atoms with E-state index in [2.05, 4.69) is 20.5 Å². The van der Waals surface area contributed by atoms with Crippen LogP contribution >= 0.6 is 0 Å². The van der Waals surface area contributed by atoms with Crippen molar-refractivity contribution in [2.24, 2.45) is 5.73 Å². The number of amides is 1. The van der Waals surface area contributed by atoms with Crippen LogP contribution < -0.4 is 15.4 Å². The van der Waals surface area contributed by atoms with Gasteiger partial charge in [-0.2, -0.15) is 5.10 Å². The number of sulfonamides is 1. The van der Waals surface area contributed by atoms with Crippen molar-refractivity contribution in [1.82, 2.24) is 20.5 Å². The van der Waals surface area contributed by atoms with Gasteiger partial charge in [-0.3, -0.25) is 14.2 Å². The highest BCUT2D eigenvalue weighted by Crippen LogP contribution is 2.28. The highest BCUT2D eigenvalue weighted by atomic mass is 32.2. The van der Waals surface area contributed by atoms with Crippen LogP contribution in [0.5, 0.6) is 0 Å². The summed E-state index contributed by atoms with van der Waals surface area (Å²) in [6.45, 7) is 3.61. The molecule has 39 heavy (non-hydrogen) atoms. The Morgan fingerprint density at radius 3 is 2.44 bits per heavy atom. The van der Waals surface area contributed by atoms with Gasteiger partial charge in [-0.05, 0) is 61.7 Å². The third-order valence-corrected chi connectivity index (χ3v) is 7.66. The molecule has 4 rings (SSSR count). The van der Waals surface area contributed by atoms with E-state index in [1.54, 1.807) is 31.2 Å². The number of H-pyrrole nitrogens is 1. The first kappa shape index (κ1) is 27.9. The van der Waals surface area contributed by atoms with Crippen molar-refractivity contribution in [2.75, 3.05) is 17.6 Å². The minimum Gasteiger partial charge on any atom is -0.346 e. The van der Waals surface area contributed by atoms with Crippen LogP contribution in [0.25, 0.3) is 11.4 Å². The Hall–Kier alpha value is -4.09. The van der Waals surface area contributed by atoms with Crippen molar-refractivity contribution in [1.29, 1.82) is 0 Å². The number of carbonyl (C=O) groups is 1.